The fourth-order valence-electron chi connectivity index (χ4n) is 3.95. The van der Waals surface area contributed by atoms with Gasteiger partial charge in [-0.25, -0.2) is 18.0 Å². The number of urea groups is 1. The van der Waals surface area contributed by atoms with Gasteiger partial charge in [-0.1, -0.05) is 6.07 Å². The van der Waals surface area contributed by atoms with Crippen LogP contribution in [0.2, 0.25) is 0 Å². The fourth-order valence-corrected chi connectivity index (χ4v) is 3.95. The Bertz CT molecular complexity index is 854. The van der Waals surface area contributed by atoms with Crippen LogP contribution in [0, 0.1) is 24.4 Å². The molecule has 2 N–H and O–H groups in total. The van der Waals surface area contributed by atoms with E-state index in [2.05, 4.69) is 10.6 Å². The zero-order valence-electron chi connectivity index (χ0n) is 16.6. The van der Waals surface area contributed by atoms with Gasteiger partial charge in [0.2, 0.25) is 0 Å². The van der Waals surface area contributed by atoms with Crippen LogP contribution in [0.5, 0.6) is 0 Å². The predicted octanol–water partition coefficient (Wildman–Crippen LogP) is 4.09. The first-order valence-corrected chi connectivity index (χ1v) is 9.80. The molecule has 0 unspecified atom stereocenters. The van der Waals surface area contributed by atoms with Crippen molar-refractivity contribution in [3.8, 4) is 0 Å². The normalized spacial score (nSPS) is 19.3. The highest BCUT2D eigenvalue weighted by atomic mass is 19.1. The van der Waals surface area contributed by atoms with Crippen LogP contribution in [-0.2, 0) is 6.42 Å². The van der Waals surface area contributed by atoms with Gasteiger partial charge in [0.05, 0.1) is 6.04 Å². The number of piperidine rings is 1. The highest BCUT2D eigenvalue weighted by Crippen LogP contribution is 2.33. The second-order valence-corrected chi connectivity index (χ2v) is 7.48. The number of carbonyl (C=O) groups is 1. The van der Waals surface area contributed by atoms with E-state index in [0.717, 1.165) is 30.0 Å². The second-order valence-electron chi connectivity index (χ2n) is 7.48. The smallest absolute Gasteiger partial charge is 0.317 e. The summed E-state index contributed by atoms with van der Waals surface area (Å²) in [5, 5.41) is 6.12. The number of aryl methyl sites for hydroxylation is 1. The molecule has 0 spiro atoms. The van der Waals surface area contributed by atoms with Gasteiger partial charge in [-0.3, -0.25) is 0 Å². The van der Waals surface area contributed by atoms with Gasteiger partial charge < -0.3 is 15.5 Å². The molecule has 4 nitrogen and oxygen atoms in total. The van der Waals surface area contributed by atoms with Gasteiger partial charge in [-0.15, -0.1) is 0 Å². The maximum Gasteiger partial charge on any atom is 0.317 e. The quantitative estimate of drug-likeness (QED) is 0.787. The number of amides is 2. The summed E-state index contributed by atoms with van der Waals surface area (Å²) >= 11 is 0. The number of halogens is 3. The van der Waals surface area contributed by atoms with Crippen molar-refractivity contribution in [3.63, 3.8) is 0 Å². The molecule has 0 saturated carbocycles. The van der Waals surface area contributed by atoms with Crippen molar-refractivity contribution in [2.45, 2.75) is 38.3 Å². The lowest BCUT2D eigenvalue weighted by Crippen LogP contribution is -2.50. The third-order valence-electron chi connectivity index (χ3n) is 5.47. The lowest BCUT2D eigenvalue weighted by Gasteiger charge is -2.40. The first kappa shape index (κ1) is 21.2. The zero-order chi connectivity index (χ0) is 21.0. The van der Waals surface area contributed by atoms with E-state index in [9.17, 15) is 18.0 Å². The monoisotopic (exact) mass is 405 g/mol. The Morgan fingerprint density at radius 2 is 1.83 bits per heavy atom. The molecule has 0 aliphatic carbocycles. The number of hydrogen-bond acceptors (Lipinski definition) is 2. The molecule has 2 aromatic rings. The van der Waals surface area contributed by atoms with Crippen molar-refractivity contribution in [3.05, 3.63) is 70.5 Å². The van der Waals surface area contributed by atoms with Crippen molar-refractivity contribution in [2.24, 2.45) is 0 Å². The van der Waals surface area contributed by atoms with Gasteiger partial charge in [0.15, 0.2) is 0 Å². The average molecular weight is 405 g/mol. The lowest BCUT2D eigenvalue weighted by molar-refractivity contribution is 0.138. The molecule has 2 aromatic carbocycles. The van der Waals surface area contributed by atoms with E-state index in [1.807, 2.05) is 14.0 Å². The molecule has 7 heteroatoms. The first-order chi connectivity index (χ1) is 13.9. The Morgan fingerprint density at radius 3 is 2.48 bits per heavy atom. The molecular formula is C22H26F3N3O. The maximum absolute atomic E-state index is 13.5. The molecule has 3 rings (SSSR count). The molecular weight excluding hydrogens is 379 g/mol. The fraction of sp³-hybridized carbons (Fsp3) is 0.409. The van der Waals surface area contributed by atoms with Crippen molar-refractivity contribution in [2.75, 3.05) is 20.1 Å². The second kappa shape index (κ2) is 9.31. The molecule has 0 aromatic heterocycles. The van der Waals surface area contributed by atoms with Gasteiger partial charge in [0.25, 0.3) is 0 Å². The summed E-state index contributed by atoms with van der Waals surface area (Å²) in [7, 11) is 1.90. The molecule has 1 heterocycles. The largest absolute Gasteiger partial charge is 0.338 e. The van der Waals surface area contributed by atoms with Gasteiger partial charge in [-0.2, -0.15) is 0 Å². The Kier molecular flexibility index (Phi) is 6.79. The van der Waals surface area contributed by atoms with Gasteiger partial charge in [0.1, 0.15) is 17.5 Å². The lowest BCUT2D eigenvalue weighted by atomic mass is 9.89. The van der Waals surface area contributed by atoms with Gasteiger partial charge in [-0.05, 0) is 74.2 Å². The van der Waals surface area contributed by atoms with Crippen molar-refractivity contribution >= 4 is 6.03 Å². The van der Waals surface area contributed by atoms with Gasteiger partial charge in [0, 0.05) is 25.2 Å². The van der Waals surface area contributed by atoms with E-state index < -0.39 is 11.6 Å². The summed E-state index contributed by atoms with van der Waals surface area (Å²) in [5.41, 5.74) is 2.22. The Morgan fingerprint density at radius 1 is 1.10 bits per heavy atom. The molecule has 1 fully saturated rings. The molecule has 0 radical (unpaired) electrons. The minimum Gasteiger partial charge on any atom is -0.338 e. The Labute approximate surface area is 169 Å². The molecule has 156 valence electrons. The SMILES string of the molecule is CN[C@H]1CCN(C(=O)NCCc2cc(F)cc(F)c2)[C@@H](c2ccc(F)cc2C)C1. The number of nitrogens with zero attached hydrogens (tertiary/aromatic N) is 1. The maximum atomic E-state index is 13.5. The number of benzene rings is 2. The standard InChI is InChI=1S/C22H26F3N3O/c1-14-9-16(23)3-4-20(14)21-13-19(26-2)6-8-28(21)22(29)27-7-5-15-10-17(24)12-18(25)11-15/h3-4,9-12,19,21,26H,5-8,13H2,1-2H3,(H,27,29)/t19-,21+/m0/s1. The number of rotatable bonds is 5. The average Bonchev–Trinajstić information content (AvgIpc) is 2.66. The van der Waals surface area contributed by atoms with Crippen LogP contribution in [-0.4, -0.2) is 37.1 Å². The van der Waals surface area contributed by atoms with Crippen LogP contribution < -0.4 is 10.6 Å². The van der Waals surface area contributed by atoms with Crippen LogP contribution in [0.1, 0.15) is 35.6 Å². The summed E-state index contributed by atoms with van der Waals surface area (Å²) in [5.74, 6) is -1.56. The minimum atomic E-state index is -0.632. The Balaban J connectivity index is 1.69. The zero-order valence-corrected chi connectivity index (χ0v) is 16.6. The minimum absolute atomic E-state index is 0.173. The third-order valence-corrected chi connectivity index (χ3v) is 5.47. The van der Waals surface area contributed by atoms with Crippen LogP contribution in [0.4, 0.5) is 18.0 Å². The molecule has 1 aliphatic heterocycles. The number of nitrogens with one attached hydrogen (secondary N) is 2. The highest BCUT2D eigenvalue weighted by Gasteiger charge is 2.32. The molecule has 29 heavy (non-hydrogen) atoms. The van der Waals surface area contributed by atoms with E-state index in [1.165, 1.54) is 24.3 Å². The third kappa shape index (κ3) is 5.29. The number of hydrogen-bond donors (Lipinski definition) is 2. The van der Waals surface area contributed by atoms with E-state index in [-0.39, 0.29) is 30.5 Å². The number of carbonyl (C=O) groups excluding carboxylic acids is 1. The van der Waals surface area contributed by atoms with E-state index >= 15 is 0 Å². The van der Waals surface area contributed by atoms with E-state index in [0.29, 0.717) is 18.5 Å². The summed E-state index contributed by atoms with van der Waals surface area (Å²) in [4.78, 5) is 14.6. The van der Waals surface area contributed by atoms with Crippen molar-refractivity contribution < 1.29 is 18.0 Å². The molecule has 2 atom stereocenters. The molecule has 0 bridgehead atoms. The van der Waals surface area contributed by atoms with E-state index in [4.69, 9.17) is 0 Å². The van der Waals surface area contributed by atoms with E-state index in [1.54, 1.807) is 11.0 Å². The molecule has 1 saturated heterocycles. The van der Waals surface area contributed by atoms with Crippen molar-refractivity contribution in [1.82, 2.24) is 15.5 Å². The van der Waals surface area contributed by atoms with Gasteiger partial charge >= 0.3 is 6.03 Å². The molecule has 2 amide bonds. The highest BCUT2D eigenvalue weighted by molar-refractivity contribution is 5.75. The first-order valence-electron chi connectivity index (χ1n) is 9.80. The summed E-state index contributed by atoms with van der Waals surface area (Å²) in [6.45, 7) is 2.67. The van der Waals surface area contributed by atoms with Crippen LogP contribution in [0.15, 0.2) is 36.4 Å². The van der Waals surface area contributed by atoms with Crippen LogP contribution in [0.25, 0.3) is 0 Å². The predicted molar refractivity (Wildman–Crippen MR) is 106 cm³/mol. The van der Waals surface area contributed by atoms with Crippen LogP contribution >= 0.6 is 0 Å². The van der Waals surface area contributed by atoms with Crippen LogP contribution in [0.3, 0.4) is 0 Å². The summed E-state index contributed by atoms with van der Waals surface area (Å²) < 4.78 is 40.2. The summed E-state index contributed by atoms with van der Waals surface area (Å²) in [6, 6.07) is 7.85. The van der Waals surface area contributed by atoms with Crippen molar-refractivity contribution in [1.29, 1.82) is 0 Å². The summed E-state index contributed by atoms with van der Waals surface area (Å²) in [6.07, 6.45) is 1.87. The topological polar surface area (TPSA) is 44.4 Å². The molecule has 1 aliphatic rings. The Hall–Kier alpha value is -2.54. The number of likely N-dealkylation sites (tertiary alicyclic amines) is 1.